The quantitative estimate of drug-likeness (QED) is 0.664. The highest BCUT2D eigenvalue weighted by molar-refractivity contribution is 6.34. The first-order valence-corrected chi connectivity index (χ1v) is 11.4. The van der Waals surface area contributed by atoms with Gasteiger partial charge in [-0.05, 0) is 37.8 Å². The number of para-hydroxylation sites is 1. The van der Waals surface area contributed by atoms with Gasteiger partial charge in [-0.25, -0.2) is 0 Å². The number of hydrogen-bond donors (Lipinski definition) is 2. The number of rotatable bonds is 4. The lowest BCUT2D eigenvalue weighted by Crippen LogP contribution is -2.58. The number of nitrogens with one attached hydrogen (secondary N) is 1. The number of nitrogens with zero attached hydrogens (tertiary/aromatic N) is 3. The van der Waals surface area contributed by atoms with Gasteiger partial charge >= 0.3 is 11.8 Å². The number of hydrogen-bond acceptors (Lipinski definition) is 5. The highest BCUT2D eigenvalue weighted by Gasteiger charge is 2.54. The first-order chi connectivity index (χ1) is 15.4. The van der Waals surface area contributed by atoms with Gasteiger partial charge in [0, 0.05) is 24.8 Å². The molecule has 3 aliphatic rings. The Kier molecular flexibility index (Phi) is 6.34. The fourth-order valence-electron chi connectivity index (χ4n) is 5.25. The van der Waals surface area contributed by atoms with Gasteiger partial charge in [-0.3, -0.25) is 19.2 Å². The van der Waals surface area contributed by atoms with Crippen LogP contribution in [-0.2, 0) is 19.2 Å². The van der Waals surface area contributed by atoms with Gasteiger partial charge in [0.05, 0.1) is 6.67 Å². The molecule has 0 radical (unpaired) electrons. The second-order valence-corrected chi connectivity index (χ2v) is 9.00. The second kappa shape index (κ2) is 9.18. The lowest BCUT2D eigenvalue weighted by Gasteiger charge is -2.43. The zero-order valence-electron chi connectivity index (χ0n) is 18.3. The van der Waals surface area contributed by atoms with Gasteiger partial charge in [0.15, 0.2) is 0 Å². The van der Waals surface area contributed by atoms with Crippen LogP contribution in [0, 0.1) is 0 Å². The summed E-state index contributed by atoms with van der Waals surface area (Å²) in [6.45, 7) is 0.854. The molecular weight excluding hydrogens is 410 g/mol. The minimum absolute atomic E-state index is 0.0182. The lowest BCUT2D eigenvalue weighted by molar-refractivity contribution is -0.146. The number of nitrogens with two attached hydrogens (primary N) is 1. The number of anilines is 1. The molecule has 9 heteroatoms. The molecule has 4 rings (SSSR count). The van der Waals surface area contributed by atoms with Crippen LogP contribution in [0.3, 0.4) is 0 Å². The summed E-state index contributed by atoms with van der Waals surface area (Å²) in [7, 11) is 0. The van der Waals surface area contributed by atoms with Gasteiger partial charge in [-0.2, -0.15) is 0 Å². The number of benzene rings is 1. The summed E-state index contributed by atoms with van der Waals surface area (Å²) >= 11 is 0. The van der Waals surface area contributed by atoms with Crippen molar-refractivity contribution in [2.45, 2.75) is 56.5 Å². The Morgan fingerprint density at radius 1 is 1.03 bits per heavy atom. The van der Waals surface area contributed by atoms with Crippen LogP contribution in [0.15, 0.2) is 30.3 Å². The third-order valence-electron chi connectivity index (χ3n) is 6.98. The standard InChI is InChI=1S/C23H31N5O4/c24-20(30)21(31)26-13-11-23(12-14-26)22(32)27(16-28(23)18-9-5-2-6-10-18)15-19(29)25-17-7-3-1-4-8-17/h2,5-6,9-10,17H,1,3-4,7-8,11-16H2,(H2,24,30)(H,25,29). The number of piperidine rings is 1. The minimum atomic E-state index is -0.986. The van der Waals surface area contributed by atoms with Crippen LogP contribution in [0.4, 0.5) is 5.69 Å². The third-order valence-corrected chi connectivity index (χ3v) is 6.98. The molecular formula is C23H31N5O4. The van der Waals surface area contributed by atoms with Crippen molar-refractivity contribution in [3.63, 3.8) is 0 Å². The first-order valence-electron chi connectivity index (χ1n) is 11.4. The van der Waals surface area contributed by atoms with Gasteiger partial charge in [0.2, 0.25) is 5.91 Å². The zero-order chi connectivity index (χ0) is 22.7. The van der Waals surface area contributed by atoms with Crippen LogP contribution in [-0.4, -0.2) is 71.3 Å². The topological polar surface area (TPSA) is 116 Å². The highest BCUT2D eigenvalue weighted by atomic mass is 16.2. The van der Waals surface area contributed by atoms with Crippen molar-refractivity contribution in [2.75, 3.05) is 31.2 Å². The van der Waals surface area contributed by atoms with E-state index in [0.717, 1.165) is 31.4 Å². The molecule has 9 nitrogen and oxygen atoms in total. The van der Waals surface area contributed by atoms with Crippen LogP contribution >= 0.6 is 0 Å². The summed E-state index contributed by atoms with van der Waals surface area (Å²) < 4.78 is 0. The lowest BCUT2D eigenvalue weighted by atomic mass is 9.85. The van der Waals surface area contributed by atoms with E-state index in [1.807, 2.05) is 35.2 Å². The van der Waals surface area contributed by atoms with E-state index in [1.54, 1.807) is 4.90 Å². The van der Waals surface area contributed by atoms with Crippen LogP contribution in [0.5, 0.6) is 0 Å². The van der Waals surface area contributed by atoms with Crippen molar-refractivity contribution >= 4 is 29.3 Å². The van der Waals surface area contributed by atoms with E-state index in [1.165, 1.54) is 11.3 Å². The van der Waals surface area contributed by atoms with Crippen molar-refractivity contribution in [1.29, 1.82) is 0 Å². The van der Waals surface area contributed by atoms with Crippen LogP contribution in [0.1, 0.15) is 44.9 Å². The molecule has 1 aromatic rings. The van der Waals surface area contributed by atoms with E-state index in [-0.39, 0.29) is 37.5 Å². The number of carbonyl (C=O) groups excluding carboxylic acids is 4. The van der Waals surface area contributed by atoms with Gasteiger partial charge in [0.25, 0.3) is 5.91 Å². The Hall–Kier alpha value is -3.10. The van der Waals surface area contributed by atoms with Gasteiger partial charge < -0.3 is 25.8 Å². The first kappa shape index (κ1) is 22.1. The molecule has 1 aromatic carbocycles. The van der Waals surface area contributed by atoms with E-state index in [4.69, 9.17) is 5.73 Å². The molecule has 0 unspecified atom stereocenters. The average molecular weight is 442 g/mol. The maximum absolute atomic E-state index is 13.6. The maximum atomic E-state index is 13.6. The molecule has 2 saturated heterocycles. The molecule has 3 N–H and O–H groups in total. The second-order valence-electron chi connectivity index (χ2n) is 9.00. The predicted molar refractivity (Wildman–Crippen MR) is 118 cm³/mol. The van der Waals surface area contributed by atoms with E-state index in [2.05, 4.69) is 5.32 Å². The van der Waals surface area contributed by atoms with E-state index >= 15 is 0 Å². The monoisotopic (exact) mass is 441 g/mol. The van der Waals surface area contributed by atoms with E-state index in [0.29, 0.717) is 19.5 Å². The zero-order valence-corrected chi connectivity index (χ0v) is 18.3. The normalized spacial score (nSPS) is 21.1. The van der Waals surface area contributed by atoms with Crippen molar-refractivity contribution < 1.29 is 19.2 Å². The van der Waals surface area contributed by atoms with Crippen molar-refractivity contribution in [1.82, 2.24) is 15.1 Å². The molecule has 32 heavy (non-hydrogen) atoms. The SMILES string of the molecule is NC(=O)C(=O)N1CCC2(CC1)C(=O)N(CC(=O)NC1CCCCC1)CN2c1ccccc1. The summed E-state index contributed by atoms with van der Waals surface area (Å²) in [6, 6.07) is 9.83. The molecule has 172 valence electrons. The molecule has 2 aliphatic heterocycles. The molecule has 1 spiro atoms. The number of primary amides is 1. The van der Waals surface area contributed by atoms with E-state index < -0.39 is 17.4 Å². The van der Waals surface area contributed by atoms with Gasteiger partial charge in [0.1, 0.15) is 12.1 Å². The molecule has 1 saturated carbocycles. The van der Waals surface area contributed by atoms with Crippen molar-refractivity contribution in [3.8, 4) is 0 Å². The molecule has 4 amide bonds. The third kappa shape index (κ3) is 4.28. The summed E-state index contributed by atoms with van der Waals surface area (Å²) in [4.78, 5) is 54.7. The Morgan fingerprint density at radius 2 is 1.69 bits per heavy atom. The van der Waals surface area contributed by atoms with E-state index in [9.17, 15) is 19.2 Å². The number of amides is 4. The van der Waals surface area contributed by atoms with Crippen LogP contribution in [0.25, 0.3) is 0 Å². The van der Waals surface area contributed by atoms with Gasteiger partial charge in [-0.1, -0.05) is 37.5 Å². The largest absolute Gasteiger partial charge is 0.361 e. The predicted octanol–water partition coefficient (Wildman–Crippen LogP) is 0.588. The van der Waals surface area contributed by atoms with Crippen molar-refractivity contribution in [3.05, 3.63) is 30.3 Å². The van der Waals surface area contributed by atoms with Gasteiger partial charge in [-0.15, -0.1) is 0 Å². The highest BCUT2D eigenvalue weighted by Crippen LogP contribution is 2.39. The number of likely N-dealkylation sites (tertiary alicyclic amines) is 1. The van der Waals surface area contributed by atoms with Crippen LogP contribution < -0.4 is 16.0 Å². The summed E-state index contributed by atoms with van der Waals surface area (Å²) in [5.41, 5.74) is 5.20. The molecule has 0 bridgehead atoms. The molecule has 0 atom stereocenters. The Balaban J connectivity index is 1.50. The fraction of sp³-hybridized carbons (Fsp3) is 0.565. The Labute approximate surface area is 187 Å². The Morgan fingerprint density at radius 3 is 2.31 bits per heavy atom. The average Bonchev–Trinajstić information content (AvgIpc) is 3.06. The molecule has 3 fully saturated rings. The molecule has 1 aliphatic carbocycles. The van der Waals surface area contributed by atoms with Crippen molar-refractivity contribution in [2.24, 2.45) is 5.73 Å². The summed E-state index contributed by atoms with van der Waals surface area (Å²) in [6.07, 6.45) is 6.19. The van der Waals surface area contributed by atoms with Crippen LogP contribution in [0.2, 0.25) is 0 Å². The summed E-state index contributed by atoms with van der Waals surface area (Å²) in [5, 5.41) is 3.09. The molecule has 0 aromatic heterocycles. The molecule has 2 heterocycles. The maximum Gasteiger partial charge on any atom is 0.311 e. The minimum Gasteiger partial charge on any atom is -0.361 e. The summed E-state index contributed by atoms with van der Waals surface area (Å²) in [5.74, 6) is -1.94. The number of carbonyl (C=O) groups is 4. The smallest absolute Gasteiger partial charge is 0.311 e. The Bertz CT molecular complexity index is 876. The fourth-order valence-corrected chi connectivity index (χ4v) is 5.25.